The van der Waals surface area contributed by atoms with Crippen molar-refractivity contribution < 1.29 is 4.42 Å². The largest absolute Gasteiger partial charge is 0.423 e. The number of fused-ring (bicyclic) bond motifs is 2. The van der Waals surface area contributed by atoms with Gasteiger partial charge in [-0.25, -0.2) is 4.79 Å². The minimum absolute atomic E-state index is 0.314. The maximum absolute atomic E-state index is 12.1. The fraction of sp³-hybridized carbons (Fsp3) is 0.227. The van der Waals surface area contributed by atoms with Crippen molar-refractivity contribution in [2.45, 2.75) is 30.2 Å². The van der Waals surface area contributed by atoms with Crippen molar-refractivity contribution in [2.75, 3.05) is 0 Å². The molecule has 5 rings (SSSR count). The maximum Gasteiger partial charge on any atom is 0.336 e. The predicted octanol–water partition coefficient (Wildman–Crippen LogP) is 5.02. The van der Waals surface area contributed by atoms with Gasteiger partial charge < -0.3 is 8.98 Å². The zero-order valence-corrected chi connectivity index (χ0v) is 17.4. The molecule has 0 saturated heterocycles. The summed E-state index contributed by atoms with van der Waals surface area (Å²) in [5.41, 5.74) is 4.94. The summed E-state index contributed by atoms with van der Waals surface area (Å²) >= 11 is 7.54. The molecule has 1 aliphatic carbocycles. The van der Waals surface area contributed by atoms with Crippen LogP contribution in [0, 0.1) is 0 Å². The van der Waals surface area contributed by atoms with Crippen LogP contribution in [0.1, 0.15) is 23.1 Å². The van der Waals surface area contributed by atoms with E-state index in [0.717, 1.165) is 46.8 Å². The van der Waals surface area contributed by atoms with Crippen LogP contribution in [0.15, 0.2) is 56.8 Å². The van der Waals surface area contributed by atoms with Gasteiger partial charge in [0.1, 0.15) is 5.58 Å². The standard InChI is InChI=1S/C22H18ClN3O2S/c1-26-21(13-5-7-17(23)8-6-13)24-25-22(26)29-12-16-11-20(27)28-19-10-15-4-2-3-14(15)9-18(16)19/h5-11H,2-4,12H2,1H3. The molecule has 0 N–H and O–H groups in total. The first-order valence-electron chi connectivity index (χ1n) is 9.45. The van der Waals surface area contributed by atoms with Crippen molar-refractivity contribution in [1.29, 1.82) is 0 Å². The fourth-order valence-electron chi connectivity index (χ4n) is 3.85. The summed E-state index contributed by atoms with van der Waals surface area (Å²) in [5.74, 6) is 1.40. The van der Waals surface area contributed by atoms with Gasteiger partial charge >= 0.3 is 5.63 Å². The third-order valence-corrected chi connectivity index (χ3v) is 6.66. The fourth-order valence-corrected chi connectivity index (χ4v) is 4.88. The Morgan fingerprint density at radius 2 is 1.86 bits per heavy atom. The zero-order valence-electron chi connectivity index (χ0n) is 15.8. The predicted molar refractivity (Wildman–Crippen MR) is 116 cm³/mol. The van der Waals surface area contributed by atoms with Crippen molar-refractivity contribution in [3.63, 3.8) is 0 Å². The molecule has 0 saturated carbocycles. The van der Waals surface area contributed by atoms with Crippen LogP contribution >= 0.6 is 23.4 Å². The highest BCUT2D eigenvalue weighted by molar-refractivity contribution is 7.98. The van der Waals surface area contributed by atoms with Gasteiger partial charge in [-0.15, -0.1) is 10.2 Å². The molecule has 0 spiro atoms. The minimum Gasteiger partial charge on any atom is -0.423 e. The highest BCUT2D eigenvalue weighted by Gasteiger charge is 2.16. The van der Waals surface area contributed by atoms with Crippen LogP contribution in [0.2, 0.25) is 5.02 Å². The lowest BCUT2D eigenvalue weighted by Gasteiger charge is -2.08. The first-order chi connectivity index (χ1) is 14.1. The molecule has 2 aromatic carbocycles. The Hall–Kier alpha value is -2.57. The van der Waals surface area contributed by atoms with Crippen molar-refractivity contribution in [2.24, 2.45) is 7.05 Å². The van der Waals surface area contributed by atoms with Crippen LogP contribution in [0.5, 0.6) is 0 Å². The molecule has 146 valence electrons. The summed E-state index contributed by atoms with van der Waals surface area (Å²) < 4.78 is 7.42. The van der Waals surface area contributed by atoms with Gasteiger partial charge in [-0.3, -0.25) is 0 Å². The van der Waals surface area contributed by atoms with Crippen LogP contribution in [0.25, 0.3) is 22.4 Å². The van der Waals surface area contributed by atoms with Crippen LogP contribution in [0.3, 0.4) is 0 Å². The van der Waals surface area contributed by atoms with Crippen molar-refractivity contribution in [3.8, 4) is 11.4 Å². The van der Waals surface area contributed by atoms with Crippen molar-refractivity contribution in [1.82, 2.24) is 14.8 Å². The van der Waals surface area contributed by atoms with Crippen LogP contribution in [-0.2, 0) is 25.6 Å². The van der Waals surface area contributed by atoms with E-state index < -0.39 is 0 Å². The zero-order chi connectivity index (χ0) is 20.0. The Labute approximate surface area is 176 Å². The van der Waals surface area contributed by atoms with E-state index in [1.165, 1.54) is 11.1 Å². The number of hydrogen-bond donors (Lipinski definition) is 0. The molecule has 2 aromatic heterocycles. The molecule has 0 unspecified atom stereocenters. The summed E-state index contributed by atoms with van der Waals surface area (Å²) in [4.78, 5) is 12.1. The molecule has 5 nitrogen and oxygen atoms in total. The first-order valence-corrected chi connectivity index (χ1v) is 10.8. The first kappa shape index (κ1) is 18.5. The lowest BCUT2D eigenvalue weighted by atomic mass is 10.0. The average Bonchev–Trinajstić information content (AvgIpc) is 3.31. The molecule has 2 heterocycles. The number of aryl methyl sites for hydroxylation is 2. The second-order valence-electron chi connectivity index (χ2n) is 7.22. The van der Waals surface area contributed by atoms with Gasteiger partial charge in [0.15, 0.2) is 11.0 Å². The van der Waals surface area contributed by atoms with Gasteiger partial charge in [0.25, 0.3) is 0 Å². The Balaban J connectivity index is 1.45. The Morgan fingerprint density at radius 3 is 2.66 bits per heavy atom. The lowest BCUT2D eigenvalue weighted by Crippen LogP contribution is -2.01. The molecule has 7 heteroatoms. The maximum atomic E-state index is 12.1. The van der Waals surface area contributed by atoms with Crippen LogP contribution in [-0.4, -0.2) is 14.8 Å². The number of rotatable bonds is 4. The molecule has 4 aromatic rings. The van der Waals surface area contributed by atoms with E-state index in [1.54, 1.807) is 17.8 Å². The summed E-state index contributed by atoms with van der Waals surface area (Å²) in [6.07, 6.45) is 3.30. The summed E-state index contributed by atoms with van der Waals surface area (Å²) in [7, 11) is 1.94. The minimum atomic E-state index is -0.314. The monoisotopic (exact) mass is 423 g/mol. The number of halogens is 1. The average molecular weight is 424 g/mol. The van der Waals surface area contributed by atoms with Gasteiger partial charge in [0.2, 0.25) is 0 Å². The summed E-state index contributed by atoms with van der Waals surface area (Å²) in [5, 5.41) is 11.1. The molecule has 0 fully saturated rings. The SMILES string of the molecule is Cn1c(SCc2cc(=O)oc3cc4c(cc23)CCC4)nnc1-c1ccc(Cl)cc1. The second-order valence-corrected chi connectivity index (χ2v) is 8.60. The Bertz CT molecular complexity index is 1280. The molecule has 1 aliphatic rings. The quantitative estimate of drug-likeness (QED) is 0.340. The summed E-state index contributed by atoms with van der Waals surface area (Å²) in [6, 6.07) is 13.3. The smallest absolute Gasteiger partial charge is 0.336 e. The number of benzene rings is 2. The normalized spacial score (nSPS) is 13.2. The van der Waals surface area contributed by atoms with Gasteiger partial charge in [-0.2, -0.15) is 0 Å². The van der Waals surface area contributed by atoms with E-state index in [0.29, 0.717) is 16.4 Å². The molecular weight excluding hydrogens is 406 g/mol. The number of hydrogen-bond acceptors (Lipinski definition) is 5. The summed E-state index contributed by atoms with van der Waals surface area (Å²) in [6.45, 7) is 0. The van der Waals surface area contributed by atoms with Crippen LogP contribution in [0.4, 0.5) is 0 Å². The Morgan fingerprint density at radius 1 is 1.10 bits per heavy atom. The van der Waals surface area contributed by atoms with E-state index in [-0.39, 0.29) is 5.63 Å². The van der Waals surface area contributed by atoms with E-state index in [4.69, 9.17) is 16.0 Å². The molecule has 0 atom stereocenters. The molecule has 0 bridgehead atoms. The molecule has 29 heavy (non-hydrogen) atoms. The van der Waals surface area contributed by atoms with E-state index >= 15 is 0 Å². The third kappa shape index (κ3) is 3.47. The van der Waals surface area contributed by atoms with E-state index in [9.17, 15) is 4.79 Å². The number of aromatic nitrogens is 3. The van der Waals surface area contributed by atoms with Gasteiger partial charge in [-0.05, 0) is 72.4 Å². The highest BCUT2D eigenvalue weighted by Crippen LogP contribution is 2.32. The number of nitrogens with zero attached hydrogens (tertiary/aromatic N) is 3. The molecule has 0 aliphatic heterocycles. The highest BCUT2D eigenvalue weighted by atomic mass is 35.5. The molecule has 0 radical (unpaired) electrons. The third-order valence-electron chi connectivity index (χ3n) is 5.34. The van der Waals surface area contributed by atoms with Gasteiger partial charge in [0, 0.05) is 34.8 Å². The molecular formula is C22H18ClN3O2S. The number of thioether (sulfide) groups is 1. The van der Waals surface area contributed by atoms with E-state index in [1.807, 2.05) is 41.9 Å². The molecule has 0 amide bonds. The Kier molecular flexibility index (Phi) is 4.68. The van der Waals surface area contributed by atoms with E-state index in [2.05, 4.69) is 16.3 Å². The van der Waals surface area contributed by atoms with Crippen molar-refractivity contribution in [3.05, 3.63) is 74.6 Å². The lowest BCUT2D eigenvalue weighted by molar-refractivity contribution is 0.559. The van der Waals surface area contributed by atoms with Crippen molar-refractivity contribution >= 4 is 34.3 Å². The van der Waals surface area contributed by atoms with Gasteiger partial charge in [-0.1, -0.05) is 23.4 Å². The van der Waals surface area contributed by atoms with Gasteiger partial charge in [0.05, 0.1) is 0 Å². The second kappa shape index (κ2) is 7.35. The van der Waals surface area contributed by atoms with Crippen LogP contribution < -0.4 is 5.63 Å². The topological polar surface area (TPSA) is 60.9 Å².